The molecule has 0 radical (unpaired) electrons. The SMILES string of the molecule is Fc1cccc(-c2cc3ccc(F)cc3o2)c1. The molecule has 0 saturated carbocycles. The Morgan fingerprint density at radius 3 is 2.47 bits per heavy atom. The van der Waals surface area contributed by atoms with E-state index in [-0.39, 0.29) is 11.6 Å². The highest BCUT2D eigenvalue weighted by Gasteiger charge is 2.07. The monoisotopic (exact) mass is 230 g/mol. The summed E-state index contributed by atoms with van der Waals surface area (Å²) in [6.07, 6.45) is 0. The van der Waals surface area contributed by atoms with Crippen molar-refractivity contribution in [1.82, 2.24) is 0 Å². The molecule has 3 rings (SSSR count). The van der Waals surface area contributed by atoms with Crippen molar-refractivity contribution in [2.24, 2.45) is 0 Å². The fraction of sp³-hybridized carbons (Fsp3) is 0. The zero-order valence-electron chi connectivity index (χ0n) is 8.78. The van der Waals surface area contributed by atoms with E-state index in [1.165, 1.54) is 24.3 Å². The van der Waals surface area contributed by atoms with Crippen LogP contribution in [0.4, 0.5) is 8.78 Å². The molecule has 3 aromatic rings. The highest BCUT2D eigenvalue weighted by atomic mass is 19.1. The molecule has 0 spiro atoms. The van der Waals surface area contributed by atoms with Gasteiger partial charge in [0, 0.05) is 17.0 Å². The van der Waals surface area contributed by atoms with E-state index < -0.39 is 0 Å². The average Bonchev–Trinajstić information content (AvgIpc) is 2.72. The minimum atomic E-state index is -0.349. The molecule has 0 N–H and O–H groups in total. The number of hydrogen-bond acceptors (Lipinski definition) is 1. The second-order valence-electron chi connectivity index (χ2n) is 3.80. The van der Waals surface area contributed by atoms with Crippen molar-refractivity contribution in [3.05, 3.63) is 60.2 Å². The van der Waals surface area contributed by atoms with Gasteiger partial charge in [-0.25, -0.2) is 8.78 Å². The molecule has 1 heterocycles. The maximum absolute atomic E-state index is 13.1. The van der Waals surface area contributed by atoms with E-state index >= 15 is 0 Å². The fourth-order valence-corrected chi connectivity index (χ4v) is 1.79. The lowest BCUT2D eigenvalue weighted by atomic mass is 10.1. The van der Waals surface area contributed by atoms with E-state index in [1.54, 1.807) is 24.3 Å². The molecule has 0 fully saturated rings. The molecule has 1 aromatic heterocycles. The molecule has 3 heteroatoms. The van der Waals surface area contributed by atoms with Gasteiger partial charge in [0.05, 0.1) is 0 Å². The van der Waals surface area contributed by atoms with Crippen LogP contribution in [0, 0.1) is 11.6 Å². The summed E-state index contributed by atoms with van der Waals surface area (Å²) in [6.45, 7) is 0. The lowest BCUT2D eigenvalue weighted by molar-refractivity contribution is 0.604. The number of rotatable bonds is 1. The van der Waals surface area contributed by atoms with E-state index in [2.05, 4.69) is 0 Å². The quantitative estimate of drug-likeness (QED) is 0.604. The Bertz CT molecular complexity index is 686. The predicted octanol–water partition coefficient (Wildman–Crippen LogP) is 4.38. The molecule has 0 aliphatic heterocycles. The standard InChI is InChI=1S/C14H8F2O/c15-11-3-1-2-9(6-11)13-7-10-4-5-12(16)8-14(10)17-13/h1-8H. The van der Waals surface area contributed by atoms with Gasteiger partial charge < -0.3 is 4.42 Å². The third kappa shape index (κ3) is 1.80. The average molecular weight is 230 g/mol. The molecule has 0 saturated heterocycles. The van der Waals surface area contributed by atoms with E-state index in [4.69, 9.17) is 4.42 Å². The molecule has 2 aromatic carbocycles. The zero-order valence-corrected chi connectivity index (χ0v) is 8.78. The first-order valence-corrected chi connectivity index (χ1v) is 5.17. The molecule has 84 valence electrons. The number of hydrogen-bond donors (Lipinski definition) is 0. The molecular formula is C14H8F2O. The number of benzene rings is 2. The second-order valence-corrected chi connectivity index (χ2v) is 3.80. The summed E-state index contributed by atoms with van der Waals surface area (Å²) in [6, 6.07) is 12.2. The molecule has 0 unspecified atom stereocenters. The lowest BCUT2D eigenvalue weighted by Crippen LogP contribution is -1.75. The molecular weight excluding hydrogens is 222 g/mol. The molecule has 0 bridgehead atoms. The third-order valence-electron chi connectivity index (χ3n) is 2.59. The van der Waals surface area contributed by atoms with Crippen molar-refractivity contribution >= 4 is 11.0 Å². The topological polar surface area (TPSA) is 13.1 Å². The molecule has 0 atom stereocenters. The van der Waals surface area contributed by atoms with Crippen molar-refractivity contribution in [3.63, 3.8) is 0 Å². The predicted molar refractivity (Wildman–Crippen MR) is 61.6 cm³/mol. The Kier molecular flexibility index (Phi) is 2.18. The van der Waals surface area contributed by atoms with Gasteiger partial charge in [0.25, 0.3) is 0 Å². The number of furan rings is 1. The van der Waals surface area contributed by atoms with Crippen LogP contribution in [-0.2, 0) is 0 Å². The number of fused-ring (bicyclic) bond motifs is 1. The third-order valence-corrected chi connectivity index (χ3v) is 2.59. The zero-order chi connectivity index (χ0) is 11.8. The molecule has 0 aliphatic carbocycles. The van der Waals surface area contributed by atoms with Crippen LogP contribution in [0.25, 0.3) is 22.3 Å². The van der Waals surface area contributed by atoms with Crippen molar-refractivity contribution in [3.8, 4) is 11.3 Å². The van der Waals surface area contributed by atoms with Crippen LogP contribution in [-0.4, -0.2) is 0 Å². The van der Waals surface area contributed by atoms with E-state index in [1.807, 2.05) is 0 Å². The summed E-state index contributed by atoms with van der Waals surface area (Å²) < 4.78 is 31.5. The van der Waals surface area contributed by atoms with Crippen LogP contribution >= 0.6 is 0 Å². The van der Waals surface area contributed by atoms with Gasteiger partial charge in [0.2, 0.25) is 0 Å². The largest absolute Gasteiger partial charge is 0.456 e. The lowest BCUT2D eigenvalue weighted by Gasteiger charge is -1.95. The van der Waals surface area contributed by atoms with E-state index in [0.29, 0.717) is 16.9 Å². The first-order chi connectivity index (χ1) is 8.22. The Labute approximate surface area is 96.3 Å². The van der Waals surface area contributed by atoms with Crippen LogP contribution in [0.1, 0.15) is 0 Å². The van der Waals surface area contributed by atoms with E-state index in [9.17, 15) is 8.78 Å². The summed E-state index contributed by atoms with van der Waals surface area (Å²) in [7, 11) is 0. The van der Waals surface area contributed by atoms with Gasteiger partial charge in [-0.15, -0.1) is 0 Å². The second kappa shape index (κ2) is 3.70. The Morgan fingerprint density at radius 1 is 0.824 bits per heavy atom. The Balaban J connectivity index is 2.18. The van der Waals surface area contributed by atoms with Crippen LogP contribution in [0.2, 0.25) is 0 Å². The van der Waals surface area contributed by atoms with Gasteiger partial charge >= 0.3 is 0 Å². The maximum atomic E-state index is 13.1. The molecule has 17 heavy (non-hydrogen) atoms. The van der Waals surface area contributed by atoms with Gasteiger partial charge in [-0.3, -0.25) is 0 Å². The minimum absolute atomic E-state index is 0.325. The van der Waals surface area contributed by atoms with Gasteiger partial charge in [-0.2, -0.15) is 0 Å². The van der Waals surface area contributed by atoms with Gasteiger partial charge in [-0.1, -0.05) is 12.1 Å². The summed E-state index contributed by atoms with van der Waals surface area (Å²) in [5.74, 6) is -0.142. The fourth-order valence-electron chi connectivity index (χ4n) is 1.79. The van der Waals surface area contributed by atoms with Gasteiger partial charge in [0.15, 0.2) is 0 Å². The molecule has 0 amide bonds. The van der Waals surface area contributed by atoms with E-state index in [0.717, 1.165) is 5.39 Å². The highest BCUT2D eigenvalue weighted by molar-refractivity contribution is 5.82. The van der Waals surface area contributed by atoms with Crippen LogP contribution < -0.4 is 0 Å². The molecule has 1 nitrogen and oxygen atoms in total. The van der Waals surface area contributed by atoms with Crippen LogP contribution in [0.15, 0.2) is 52.9 Å². The first kappa shape index (κ1) is 10.0. The van der Waals surface area contributed by atoms with Crippen molar-refractivity contribution < 1.29 is 13.2 Å². The Morgan fingerprint density at radius 2 is 1.65 bits per heavy atom. The van der Waals surface area contributed by atoms with Gasteiger partial charge in [-0.05, 0) is 30.3 Å². The van der Waals surface area contributed by atoms with Crippen molar-refractivity contribution in [2.45, 2.75) is 0 Å². The highest BCUT2D eigenvalue weighted by Crippen LogP contribution is 2.28. The Hall–Kier alpha value is -2.16. The van der Waals surface area contributed by atoms with Crippen LogP contribution in [0.3, 0.4) is 0 Å². The van der Waals surface area contributed by atoms with Crippen molar-refractivity contribution in [1.29, 1.82) is 0 Å². The maximum Gasteiger partial charge on any atom is 0.137 e. The summed E-state index contributed by atoms with van der Waals surface area (Å²) >= 11 is 0. The van der Waals surface area contributed by atoms with Gasteiger partial charge in [0.1, 0.15) is 23.0 Å². The summed E-state index contributed by atoms with van der Waals surface area (Å²) in [4.78, 5) is 0. The normalized spacial score (nSPS) is 10.9. The van der Waals surface area contributed by atoms with Crippen molar-refractivity contribution in [2.75, 3.05) is 0 Å². The first-order valence-electron chi connectivity index (χ1n) is 5.17. The minimum Gasteiger partial charge on any atom is -0.456 e. The molecule has 0 aliphatic rings. The summed E-state index contributed by atoms with van der Waals surface area (Å²) in [5.41, 5.74) is 1.10. The smallest absolute Gasteiger partial charge is 0.137 e. The summed E-state index contributed by atoms with van der Waals surface area (Å²) in [5, 5.41) is 0.797. The number of halogens is 2. The van der Waals surface area contributed by atoms with Crippen LogP contribution in [0.5, 0.6) is 0 Å².